The zero-order valence-corrected chi connectivity index (χ0v) is 17.1. The average molecular weight is 418 g/mol. The molecule has 3 aliphatic rings. The fourth-order valence-electron chi connectivity index (χ4n) is 4.53. The Bertz CT molecular complexity index is 958. The van der Waals surface area contributed by atoms with Gasteiger partial charge in [-0.1, -0.05) is 0 Å². The molecule has 0 amide bonds. The lowest BCUT2D eigenvalue weighted by Gasteiger charge is -2.35. The molecule has 4 atom stereocenters. The van der Waals surface area contributed by atoms with Gasteiger partial charge in [-0.25, -0.2) is 15.0 Å². The Labute approximate surface area is 173 Å². The summed E-state index contributed by atoms with van der Waals surface area (Å²) in [5, 5.41) is 3.48. The van der Waals surface area contributed by atoms with Gasteiger partial charge in [0.15, 0.2) is 23.5 Å². The molecule has 2 aromatic rings. The second-order valence-electron chi connectivity index (χ2n) is 8.51. The zero-order valence-electron chi connectivity index (χ0n) is 17.1. The second kappa shape index (κ2) is 7.12. The molecule has 30 heavy (non-hydrogen) atoms. The summed E-state index contributed by atoms with van der Waals surface area (Å²) in [5.41, 5.74) is 7.04. The molecule has 4 unspecified atom stereocenters. The van der Waals surface area contributed by atoms with Crippen molar-refractivity contribution in [1.82, 2.24) is 24.8 Å². The van der Waals surface area contributed by atoms with Crippen molar-refractivity contribution >= 4 is 23.0 Å². The van der Waals surface area contributed by atoms with Crippen LogP contribution in [0, 0.1) is 5.92 Å². The molecule has 0 aromatic carbocycles. The Morgan fingerprint density at radius 1 is 1.30 bits per heavy atom. The number of aromatic nitrogens is 4. The van der Waals surface area contributed by atoms with E-state index in [0.29, 0.717) is 23.5 Å². The third kappa shape index (κ3) is 3.22. The molecule has 4 heterocycles. The average Bonchev–Trinajstić information content (AvgIpc) is 3.32. The van der Waals surface area contributed by atoms with Gasteiger partial charge in [-0.2, -0.15) is 0 Å². The van der Waals surface area contributed by atoms with Gasteiger partial charge in [0.2, 0.25) is 0 Å². The molecule has 5 rings (SSSR count). The maximum Gasteiger partial charge on any atom is 0.308 e. The number of rotatable bonds is 5. The number of imidazole rings is 1. The summed E-state index contributed by atoms with van der Waals surface area (Å²) in [6.07, 6.45) is 3.35. The molecule has 11 heteroatoms. The second-order valence-corrected chi connectivity index (χ2v) is 8.51. The highest BCUT2D eigenvalue weighted by Crippen LogP contribution is 2.44. The van der Waals surface area contributed by atoms with Gasteiger partial charge in [-0.15, -0.1) is 0 Å². The molecule has 0 spiro atoms. The molecule has 162 valence electrons. The molecule has 0 bridgehead atoms. The van der Waals surface area contributed by atoms with E-state index >= 15 is 0 Å². The molecule has 3 fully saturated rings. The van der Waals surface area contributed by atoms with E-state index in [1.807, 2.05) is 18.4 Å². The number of hydrogen-bond donors (Lipinski definition) is 2. The van der Waals surface area contributed by atoms with Crippen LogP contribution >= 0.6 is 0 Å². The number of fused-ring (bicyclic) bond motifs is 2. The molecular formula is C19H26N6O5. The predicted octanol–water partition coefficient (Wildman–Crippen LogP) is 0.367. The highest BCUT2D eigenvalue weighted by atomic mass is 16.8. The van der Waals surface area contributed by atoms with E-state index < -0.39 is 12.0 Å². The van der Waals surface area contributed by atoms with Crippen LogP contribution < -0.4 is 11.1 Å². The molecule has 3 N–H and O–H groups in total. The van der Waals surface area contributed by atoms with Crippen LogP contribution in [0.5, 0.6) is 0 Å². The van der Waals surface area contributed by atoms with E-state index in [1.165, 1.54) is 13.4 Å². The Morgan fingerprint density at radius 2 is 2.07 bits per heavy atom. The SMILES string of the molecule is COC(=O)C1CC(NCC2OC(n3cnc4c(N)ncnc43)C3OC(C)(C)OC23)C1. The lowest BCUT2D eigenvalue weighted by molar-refractivity contribution is -0.196. The van der Waals surface area contributed by atoms with Crippen LogP contribution in [0.1, 0.15) is 32.9 Å². The van der Waals surface area contributed by atoms with Gasteiger partial charge in [0, 0.05) is 12.6 Å². The van der Waals surface area contributed by atoms with Crippen LogP contribution in [0.2, 0.25) is 0 Å². The van der Waals surface area contributed by atoms with E-state index in [0.717, 1.165) is 12.8 Å². The van der Waals surface area contributed by atoms with Gasteiger partial charge >= 0.3 is 5.97 Å². The number of carbonyl (C=O) groups is 1. The van der Waals surface area contributed by atoms with Crippen molar-refractivity contribution in [1.29, 1.82) is 0 Å². The monoisotopic (exact) mass is 418 g/mol. The van der Waals surface area contributed by atoms with Crippen LogP contribution in [0.15, 0.2) is 12.7 Å². The molecule has 2 saturated heterocycles. The van der Waals surface area contributed by atoms with Gasteiger partial charge < -0.3 is 30.0 Å². The number of methoxy groups -OCH3 is 1. The van der Waals surface area contributed by atoms with Gasteiger partial charge in [0.1, 0.15) is 30.2 Å². The first-order chi connectivity index (χ1) is 14.4. The first kappa shape index (κ1) is 19.6. The fraction of sp³-hybridized carbons (Fsp3) is 0.684. The Morgan fingerprint density at radius 3 is 2.83 bits per heavy atom. The first-order valence-corrected chi connectivity index (χ1v) is 10.1. The summed E-state index contributed by atoms with van der Waals surface area (Å²) in [5.74, 6) is -0.565. The van der Waals surface area contributed by atoms with Gasteiger partial charge in [-0.3, -0.25) is 9.36 Å². The van der Waals surface area contributed by atoms with Crippen LogP contribution in [0.3, 0.4) is 0 Å². The molecule has 11 nitrogen and oxygen atoms in total. The molecule has 1 aliphatic carbocycles. The van der Waals surface area contributed by atoms with Crippen LogP contribution in [-0.4, -0.2) is 69.3 Å². The molecule has 1 saturated carbocycles. The number of anilines is 1. The minimum Gasteiger partial charge on any atom is -0.469 e. The molecule has 2 aromatic heterocycles. The quantitative estimate of drug-likeness (QED) is 0.655. The minimum absolute atomic E-state index is 0.0232. The van der Waals surface area contributed by atoms with Gasteiger partial charge in [0.25, 0.3) is 0 Å². The Balaban J connectivity index is 1.32. The minimum atomic E-state index is -0.716. The smallest absolute Gasteiger partial charge is 0.308 e. The van der Waals surface area contributed by atoms with Crippen molar-refractivity contribution in [3.8, 4) is 0 Å². The number of nitrogens with two attached hydrogens (primary N) is 1. The summed E-state index contributed by atoms with van der Waals surface area (Å²) < 4.78 is 25.3. The van der Waals surface area contributed by atoms with E-state index in [4.69, 9.17) is 24.7 Å². The Hall–Kier alpha value is -2.34. The summed E-state index contributed by atoms with van der Waals surface area (Å²) in [6, 6.07) is 0.257. The van der Waals surface area contributed by atoms with Crippen LogP contribution in [0.25, 0.3) is 11.2 Å². The number of ether oxygens (including phenoxy) is 4. The van der Waals surface area contributed by atoms with E-state index in [2.05, 4.69) is 20.3 Å². The van der Waals surface area contributed by atoms with E-state index in [-0.39, 0.29) is 36.2 Å². The number of nitrogens with one attached hydrogen (secondary N) is 1. The van der Waals surface area contributed by atoms with Crippen molar-refractivity contribution < 1.29 is 23.7 Å². The molecular weight excluding hydrogens is 392 g/mol. The standard InChI is InChI=1S/C19H26N6O5/c1-19(2)29-13-11(6-21-10-4-9(5-10)18(26)27-3)28-17(14(13)30-19)25-8-24-12-15(20)22-7-23-16(12)25/h7-11,13-14,17,21H,4-6H2,1-3H3,(H2,20,22,23). The fourth-order valence-corrected chi connectivity index (χ4v) is 4.53. The highest BCUT2D eigenvalue weighted by Gasteiger charge is 2.56. The number of esters is 1. The van der Waals surface area contributed by atoms with Crippen LogP contribution in [-0.2, 0) is 23.7 Å². The molecule has 0 radical (unpaired) electrons. The number of nitrogens with zero attached hydrogens (tertiary/aromatic N) is 4. The summed E-state index contributed by atoms with van der Waals surface area (Å²) >= 11 is 0. The highest BCUT2D eigenvalue weighted by molar-refractivity contribution is 5.81. The summed E-state index contributed by atoms with van der Waals surface area (Å²) in [4.78, 5) is 24.2. The number of hydrogen-bond acceptors (Lipinski definition) is 10. The van der Waals surface area contributed by atoms with Gasteiger partial charge in [0.05, 0.1) is 19.4 Å². The summed E-state index contributed by atoms with van der Waals surface area (Å²) in [6.45, 7) is 4.37. The van der Waals surface area contributed by atoms with Crippen molar-refractivity contribution in [3.63, 3.8) is 0 Å². The third-order valence-electron chi connectivity index (χ3n) is 6.07. The van der Waals surface area contributed by atoms with E-state index in [9.17, 15) is 4.79 Å². The topological polar surface area (TPSA) is 136 Å². The van der Waals surface area contributed by atoms with Crippen LogP contribution in [0.4, 0.5) is 5.82 Å². The normalized spacial score (nSPS) is 34.6. The van der Waals surface area contributed by atoms with Crippen molar-refractivity contribution in [2.24, 2.45) is 5.92 Å². The largest absolute Gasteiger partial charge is 0.469 e. The third-order valence-corrected chi connectivity index (χ3v) is 6.07. The van der Waals surface area contributed by atoms with Gasteiger partial charge in [-0.05, 0) is 26.7 Å². The van der Waals surface area contributed by atoms with E-state index in [1.54, 1.807) is 6.33 Å². The van der Waals surface area contributed by atoms with Crippen molar-refractivity contribution in [2.75, 3.05) is 19.4 Å². The Kier molecular flexibility index (Phi) is 4.65. The first-order valence-electron chi connectivity index (χ1n) is 10.1. The zero-order chi connectivity index (χ0) is 21.0. The molecule has 2 aliphatic heterocycles. The van der Waals surface area contributed by atoms with Crippen molar-refractivity contribution in [3.05, 3.63) is 12.7 Å². The lowest BCUT2D eigenvalue weighted by atomic mass is 9.80. The lowest BCUT2D eigenvalue weighted by Crippen LogP contribution is -2.48. The number of carbonyl (C=O) groups excluding carboxylic acids is 1. The maximum absolute atomic E-state index is 11.6. The number of nitrogen functional groups attached to an aromatic ring is 1. The maximum atomic E-state index is 11.6. The predicted molar refractivity (Wildman–Crippen MR) is 104 cm³/mol. The summed E-state index contributed by atoms with van der Waals surface area (Å²) in [7, 11) is 1.42. The van der Waals surface area contributed by atoms with Crippen molar-refractivity contribution in [2.45, 2.75) is 63.1 Å².